The molecule has 15 heavy (non-hydrogen) atoms. The van der Waals surface area contributed by atoms with Crippen molar-refractivity contribution in [2.75, 3.05) is 0 Å². The summed E-state index contributed by atoms with van der Waals surface area (Å²) in [5.74, 6) is 0. The Morgan fingerprint density at radius 2 is 1.33 bits per heavy atom. The highest BCUT2D eigenvalue weighted by Gasteiger charge is 2.00. The summed E-state index contributed by atoms with van der Waals surface area (Å²) >= 11 is 0. The molecule has 0 fully saturated rings. The second-order valence-electron chi connectivity index (χ2n) is 3.68. The van der Waals surface area contributed by atoms with E-state index in [4.69, 9.17) is 0 Å². The highest BCUT2D eigenvalue weighted by atomic mass is 14.1. The van der Waals surface area contributed by atoms with Gasteiger partial charge in [0, 0.05) is 0 Å². The molecule has 0 atom stereocenters. The van der Waals surface area contributed by atoms with Crippen molar-refractivity contribution in [2.24, 2.45) is 0 Å². The Bertz CT molecular complexity index is 453. The van der Waals surface area contributed by atoms with Crippen molar-refractivity contribution in [2.45, 2.75) is 34.6 Å². The molecule has 2 rings (SSSR count). The van der Waals surface area contributed by atoms with Crippen molar-refractivity contribution in [3.05, 3.63) is 47.0 Å². The molecule has 0 aliphatic carbocycles. The molecule has 0 N–H and O–H groups in total. The fraction of sp³-hybridized carbons (Fsp3) is 0.333. The Kier molecular flexibility index (Phi) is 3.90. The Morgan fingerprint density at radius 3 is 2.00 bits per heavy atom. The predicted octanol–water partition coefficient (Wildman–Crippen LogP) is 4.79. The van der Waals surface area contributed by atoms with E-state index in [2.05, 4.69) is 51.1 Å². The van der Waals surface area contributed by atoms with Crippen LogP contribution in [0.2, 0.25) is 0 Å². The molecule has 0 unspecified atom stereocenters. The Hall–Kier alpha value is -1.30. The second kappa shape index (κ2) is 4.97. The van der Waals surface area contributed by atoms with E-state index in [1.807, 2.05) is 13.8 Å². The van der Waals surface area contributed by atoms with Gasteiger partial charge >= 0.3 is 0 Å². The first kappa shape index (κ1) is 11.8. The van der Waals surface area contributed by atoms with Crippen LogP contribution < -0.4 is 0 Å². The summed E-state index contributed by atoms with van der Waals surface area (Å²) in [4.78, 5) is 0. The first-order chi connectivity index (χ1) is 7.20. The quantitative estimate of drug-likeness (QED) is 0.573. The lowest BCUT2D eigenvalue weighted by molar-refractivity contribution is 1.37. The summed E-state index contributed by atoms with van der Waals surface area (Å²) in [6.45, 7) is 10.5. The minimum absolute atomic E-state index is 1.36. The van der Waals surface area contributed by atoms with Gasteiger partial charge in [-0.15, -0.1) is 0 Å². The zero-order valence-corrected chi connectivity index (χ0v) is 10.4. The number of benzene rings is 2. The summed E-state index contributed by atoms with van der Waals surface area (Å²) in [5.41, 5.74) is 4.14. The zero-order valence-electron chi connectivity index (χ0n) is 10.4. The largest absolute Gasteiger partial charge is 0.0683 e. The minimum Gasteiger partial charge on any atom is -0.0683 e. The summed E-state index contributed by atoms with van der Waals surface area (Å²) < 4.78 is 0. The van der Waals surface area contributed by atoms with E-state index < -0.39 is 0 Å². The lowest BCUT2D eigenvalue weighted by Crippen LogP contribution is -1.85. The van der Waals surface area contributed by atoms with Crippen LogP contribution in [0.15, 0.2) is 30.3 Å². The summed E-state index contributed by atoms with van der Waals surface area (Å²) in [7, 11) is 0. The normalized spacial score (nSPS) is 9.67. The van der Waals surface area contributed by atoms with Crippen LogP contribution in [-0.2, 0) is 0 Å². The maximum atomic E-state index is 2.22. The Labute approximate surface area is 92.9 Å². The molecule has 0 aliphatic rings. The maximum absolute atomic E-state index is 2.22. The van der Waals surface area contributed by atoms with Crippen LogP contribution in [0, 0.1) is 20.8 Å². The molecular weight excluding hydrogens is 180 g/mol. The number of aryl methyl sites for hydroxylation is 3. The number of hydrogen-bond donors (Lipinski definition) is 0. The SMILES string of the molecule is CC.Cc1ccc2c(C)cccc2c1C. The van der Waals surface area contributed by atoms with E-state index in [1.54, 1.807) is 0 Å². The van der Waals surface area contributed by atoms with Gasteiger partial charge in [-0.25, -0.2) is 0 Å². The topological polar surface area (TPSA) is 0 Å². The molecular formula is C15H20. The highest BCUT2D eigenvalue weighted by molar-refractivity contribution is 5.89. The van der Waals surface area contributed by atoms with Gasteiger partial charge in [-0.05, 0) is 48.2 Å². The van der Waals surface area contributed by atoms with E-state index in [-0.39, 0.29) is 0 Å². The van der Waals surface area contributed by atoms with Crippen LogP contribution in [0.4, 0.5) is 0 Å². The van der Waals surface area contributed by atoms with Crippen molar-refractivity contribution in [3.63, 3.8) is 0 Å². The molecule has 0 aliphatic heterocycles. The first-order valence-corrected chi connectivity index (χ1v) is 5.65. The van der Waals surface area contributed by atoms with E-state index in [0.29, 0.717) is 0 Å². The van der Waals surface area contributed by atoms with Crippen molar-refractivity contribution < 1.29 is 0 Å². The van der Waals surface area contributed by atoms with E-state index in [1.165, 1.54) is 27.5 Å². The van der Waals surface area contributed by atoms with Crippen molar-refractivity contribution >= 4 is 10.8 Å². The molecule has 0 saturated carbocycles. The highest BCUT2D eigenvalue weighted by Crippen LogP contribution is 2.23. The molecule has 0 aromatic heterocycles. The fourth-order valence-corrected chi connectivity index (χ4v) is 1.77. The fourth-order valence-electron chi connectivity index (χ4n) is 1.77. The molecule has 2 aromatic carbocycles. The summed E-state index contributed by atoms with van der Waals surface area (Å²) in [6, 6.07) is 10.9. The number of rotatable bonds is 0. The van der Waals surface area contributed by atoms with Gasteiger partial charge in [-0.2, -0.15) is 0 Å². The summed E-state index contributed by atoms with van der Waals surface area (Å²) in [6.07, 6.45) is 0. The van der Waals surface area contributed by atoms with Crippen molar-refractivity contribution in [1.29, 1.82) is 0 Å². The van der Waals surface area contributed by atoms with Crippen LogP contribution in [0.25, 0.3) is 10.8 Å². The maximum Gasteiger partial charge on any atom is -0.0149 e. The van der Waals surface area contributed by atoms with Gasteiger partial charge in [0.15, 0.2) is 0 Å². The molecule has 0 heterocycles. The number of hydrogen-bond acceptors (Lipinski definition) is 0. The predicted molar refractivity (Wildman–Crippen MR) is 69.5 cm³/mol. The standard InChI is InChI=1S/C13H14.C2H6/c1-9-7-8-12-10(2)5-4-6-13(12)11(9)3;1-2/h4-8H,1-3H3;1-2H3. The second-order valence-corrected chi connectivity index (χ2v) is 3.68. The average Bonchev–Trinajstić information content (AvgIpc) is 2.27. The van der Waals surface area contributed by atoms with Crippen LogP contribution in [-0.4, -0.2) is 0 Å². The molecule has 0 saturated heterocycles. The first-order valence-electron chi connectivity index (χ1n) is 5.65. The molecule has 0 radical (unpaired) electrons. The van der Waals surface area contributed by atoms with Gasteiger partial charge in [-0.3, -0.25) is 0 Å². The molecule has 0 spiro atoms. The van der Waals surface area contributed by atoms with Crippen LogP contribution >= 0.6 is 0 Å². The molecule has 0 amide bonds. The van der Waals surface area contributed by atoms with Gasteiger partial charge < -0.3 is 0 Å². The zero-order chi connectivity index (χ0) is 11.4. The van der Waals surface area contributed by atoms with Gasteiger partial charge in [0.1, 0.15) is 0 Å². The third kappa shape index (κ3) is 2.20. The number of fused-ring (bicyclic) bond motifs is 1. The molecule has 0 bridgehead atoms. The minimum atomic E-state index is 1.36. The van der Waals surface area contributed by atoms with Gasteiger partial charge in [0.25, 0.3) is 0 Å². The average molecular weight is 200 g/mol. The molecule has 80 valence electrons. The monoisotopic (exact) mass is 200 g/mol. The Balaban J connectivity index is 0.000000531. The lowest BCUT2D eigenvalue weighted by atomic mass is 9.98. The summed E-state index contributed by atoms with van der Waals surface area (Å²) in [5, 5.41) is 2.77. The van der Waals surface area contributed by atoms with Gasteiger partial charge in [0.2, 0.25) is 0 Å². The molecule has 0 heteroatoms. The van der Waals surface area contributed by atoms with Crippen molar-refractivity contribution in [1.82, 2.24) is 0 Å². The lowest BCUT2D eigenvalue weighted by Gasteiger charge is -2.07. The van der Waals surface area contributed by atoms with Gasteiger partial charge in [-0.1, -0.05) is 44.2 Å². The molecule has 2 aromatic rings. The van der Waals surface area contributed by atoms with Crippen LogP contribution in [0.1, 0.15) is 30.5 Å². The van der Waals surface area contributed by atoms with Crippen LogP contribution in [0.5, 0.6) is 0 Å². The third-order valence-electron chi connectivity index (χ3n) is 2.82. The van der Waals surface area contributed by atoms with E-state index in [0.717, 1.165) is 0 Å². The third-order valence-corrected chi connectivity index (χ3v) is 2.82. The smallest absolute Gasteiger partial charge is 0.0149 e. The van der Waals surface area contributed by atoms with Crippen LogP contribution in [0.3, 0.4) is 0 Å². The van der Waals surface area contributed by atoms with E-state index >= 15 is 0 Å². The molecule has 0 nitrogen and oxygen atoms in total. The Morgan fingerprint density at radius 1 is 0.667 bits per heavy atom. The van der Waals surface area contributed by atoms with Crippen molar-refractivity contribution in [3.8, 4) is 0 Å². The van der Waals surface area contributed by atoms with E-state index in [9.17, 15) is 0 Å². The van der Waals surface area contributed by atoms with Gasteiger partial charge in [0.05, 0.1) is 0 Å².